The number of ether oxygens (including phenoxy) is 1. The fourth-order valence-corrected chi connectivity index (χ4v) is 1.40. The van der Waals surface area contributed by atoms with Crippen molar-refractivity contribution in [2.24, 2.45) is 0 Å². The maximum Gasteiger partial charge on any atom is 0.322 e. The van der Waals surface area contributed by atoms with Gasteiger partial charge >= 0.3 is 5.97 Å². The van der Waals surface area contributed by atoms with Crippen molar-refractivity contribution < 1.29 is 9.53 Å². The van der Waals surface area contributed by atoms with Crippen LogP contribution in [0, 0.1) is 0 Å². The highest BCUT2D eigenvalue weighted by atomic mass is 16.5. The number of nitrogens with zero attached hydrogens (tertiary/aromatic N) is 1. The highest BCUT2D eigenvalue weighted by Gasteiger charge is 2.12. The van der Waals surface area contributed by atoms with Crippen molar-refractivity contribution in [3.8, 4) is 0 Å². The Bertz CT molecular complexity index is 414. The second-order valence-electron chi connectivity index (χ2n) is 3.66. The van der Waals surface area contributed by atoms with E-state index in [1.807, 2.05) is 0 Å². The molecule has 1 heterocycles. The van der Waals surface area contributed by atoms with Crippen molar-refractivity contribution in [2.75, 3.05) is 13.2 Å². The Kier molecular flexibility index (Phi) is 5.42. The van der Waals surface area contributed by atoms with Gasteiger partial charge in [0.25, 0.3) is 5.56 Å². The molecular formula is C12H18N2O3. The van der Waals surface area contributed by atoms with E-state index in [9.17, 15) is 9.59 Å². The van der Waals surface area contributed by atoms with E-state index in [-0.39, 0.29) is 17.6 Å². The molecule has 1 N–H and O–H groups in total. The lowest BCUT2D eigenvalue weighted by Crippen LogP contribution is -2.38. The molecule has 0 amide bonds. The van der Waals surface area contributed by atoms with Crippen LogP contribution >= 0.6 is 0 Å². The summed E-state index contributed by atoms with van der Waals surface area (Å²) in [5.41, 5.74) is -0.0434. The minimum Gasteiger partial charge on any atom is -0.465 e. The molecule has 1 unspecified atom stereocenters. The fourth-order valence-electron chi connectivity index (χ4n) is 1.40. The van der Waals surface area contributed by atoms with Gasteiger partial charge in [-0.15, -0.1) is 0 Å². The van der Waals surface area contributed by atoms with E-state index < -0.39 is 0 Å². The lowest BCUT2D eigenvalue weighted by Gasteiger charge is -2.12. The SMILES string of the molecule is CCOC(=O)C(C)NCCn1ccccc1=O. The number of carbonyl (C=O) groups excluding carboxylic acids is 1. The van der Waals surface area contributed by atoms with E-state index >= 15 is 0 Å². The average molecular weight is 238 g/mol. The first-order valence-corrected chi connectivity index (χ1v) is 5.70. The molecule has 1 rings (SSSR count). The molecule has 0 bridgehead atoms. The summed E-state index contributed by atoms with van der Waals surface area (Å²) >= 11 is 0. The van der Waals surface area contributed by atoms with Crippen LogP contribution in [0.3, 0.4) is 0 Å². The molecule has 5 heteroatoms. The van der Waals surface area contributed by atoms with E-state index in [1.165, 1.54) is 6.07 Å². The van der Waals surface area contributed by atoms with Crippen LogP contribution in [0.15, 0.2) is 29.2 Å². The van der Waals surface area contributed by atoms with Crippen LogP contribution in [-0.4, -0.2) is 29.7 Å². The zero-order valence-electron chi connectivity index (χ0n) is 10.2. The summed E-state index contributed by atoms with van der Waals surface area (Å²) in [7, 11) is 0. The van der Waals surface area contributed by atoms with Crippen LogP contribution in [0.5, 0.6) is 0 Å². The van der Waals surface area contributed by atoms with Crippen LogP contribution in [0.1, 0.15) is 13.8 Å². The number of rotatable bonds is 6. The summed E-state index contributed by atoms with van der Waals surface area (Å²) in [6.45, 7) is 4.97. The van der Waals surface area contributed by atoms with Gasteiger partial charge in [-0.05, 0) is 19.9 Å². The summed E-state index contributed by atoms with van der Waals surface area (Å²) in [6.07, 6.45) is 1.72. The van der Waals surface area contributed by atoms with Crippen LogP contribution in [0.25, 0.3) is 0 Å². The molecule has 0 radical (unpaired) electrons. The predicted octanol–water partition coefficient (Wildman–Crippen LogP) is 0.389. The fraction of sp³-hybridized carbons (Fsp3) is 0.500. The molecular weight excluding hydrogens is 220 g/mol. The standard InChI is InChI=1S/C12H18N2O3/c1-3-17-12(16)10(2)13-7-9-14-8-5-4-6-11(14)15/h4-6,8,10,13H,3,7,9H2,1-2H3. The highest BCUT2D eigenvalue weighted by Crippen LogP contribution is 1.88. The van der Waals surface area contributed by atoms with Gasteiger partial charge in [-0.1, -0.05) is 6.07 Å². The Morgan fingerprint density at radius 2 is 2.29 bits per heavy atom. The van der Waals surface area contributed by atoms with Gasteiger partial charge < -0.3 is 14.6 Å². The van der Waals surface area contributed by atoms with Crippen LogP contribution < -0.4 is 10.9 Å². The van der Waals surface area contributed by atoms with Gasteiger partial charge in [0, 0.05) is 25.4 Å². The normalized spacial score (nSPS) is 12.1. The molecule has 0 aliphatic carbocycles. The number of pyridine rings is 1. The molecule has 0 fully saturated rings. The topological polar surface area (TPSA) is 60.3 Å². The third kappa shape index (κ3) is 4.40. The first kappa shape index (κ1) is 13.4. The summed E-state index contributed by atoms with van der Waals surface area (Å²) in [5.74, 6) is -0.270. The van der Waals surface area contributed by atoms with Crippen molar-refractivity contribution in [1.29, 1.82) is 0 Å². The minimum absolute atomic E-state index is 0.0434. The number of esters is 1. The largest absolute Gasteiger partial charge is 0.465 e. The molecule has 0 saturated carbocycles. The first-order chi connectivity index (χ1) is 8.15. The van der Waals surface area contributed by atoms with E-state index in [4.69, 9.17) is 4.74 Å². The van der Waals surface area contributed by atoms with E-state index in [1.54, 1.807) is 36.7 Å². The van der Waals surface area contributed by atoms with Crippen molar-refractivity contribution in [3.63, 3.8) is 0 Å². The molecule has 5 nitrogen and oxygen atoms in total. The Balaban J connectivity index is 2.36. The highest BCUT2D eigenvalue weighted by molar-refractivity contribution is 5.75. The number of aromatic nitrogens is 1. The maximum absolute atomic E-state index is 11.4. The van der Waals surface area contributed by atoms with Gasteiger partial charge in [-0.3, -0.25) is 9.59 Å². The summed E-state index contributed by atoms with van der Waals surface area (Å²) in [4.78, 5) is 22.7. The molecule has 0 aromatic carbocycles. The van der Waals surface area contributed by atoms with E-state index in [2.05, 4.69) is 5.32 Å². The summed E-state index contributed by atoms with van der Waals surface area (Å²) in [5, 5.41) is 3.01. The summed E-state index contributed by atoms with van der Waals surface area (Å²) in [6, 6.07) is 4.66. The lowest BCUT2D eigenvalue weighted by molar-refractivity contribution is -0.145. The van der Waals surface area contributed by atoms with Gasteiger partial charge in [-0.2, -0.15) is 0 Å². The second-order valence-corrected chi connectivity index (χ2v) is 3.66. The minimum atomic E-state index is -0.352. The number of nitrogens with one attached hydrogen (secondary N) is 1. The summed E-state index contributed by atoms with van der Waals surface area (Å²) < 4.78 is 6.45. The third-order valence-corrected chi connectivity index (χ3v) is 2.34. The zero-order chi connectivity index (χ0) is 12.7. The molecule has 94 valence electrons. The second kappa shape index (κ2) is 6.85. The smallest absolute Gasteiger partial charge is 0.322 e. The Labute approximate surface area is 100 Å². The Morgan fingerprint density at radius 3 is 2.94 bits per heavy atom. The Hall–Kier alpha value is -1.62. The molecule has 17 heavy (non-hydrogen) atoms. The van der Waals surface area contributed by atoms with Crippen molar-refractivity contribution in [1.82, 2.24) is 9.88 Å². The van der Waals surface area contributed by atoms with Crippen molar-refractivity contribution in [2.45, 2.75) is 26.4 Å². The monoisotopic (exact) mass is 238 g/mol. The van der Waals surface area contributed by atoms with Crippen LogP contribution in [0.2, 0.25) is 0 Å². The number of carbonyl (C=O) groups is 1. The van der Waals surface area contributed by atoms with Crippen LogP contribution in [0.4, 0.5) is 0 Å². The van der Waals surface area contributed by atoms with E-state index in [0.717, 1.165) is 0 Å². The number of hydrogen-bond acceptors (Lipinski definition) is 4. The van der Waals surface area contributed by atoms with Crippen molar-refractivity contribution >= 4 is 5.97 Å². The lowest BCUT2D eigenvalue weighted by atomic mass is 10.3. The maximum atomic E-state index is 11.4. The molecule has 0 spiro atoms. The Morgan fingerprint density at radius 1 is 1.53 bits per heavy atom. The van der Waals surface area contributed by atoms with Gasteiger partial charge in [0.2, 0.25) is 0 Å². The van der Waals surface area contributed by atoms with Gasteiger partial charge in [0.05, 0.1) is 6.61 Å². The average Bonchev–Trinajstić information content (AvgIpc) is 2.31. The van der Waals surface area contributed by atoms with Crippen LogP contribution in [-0.2, 0) is 16.1 Å². The molecule has 1 aromatic rings. The molecule has 0 aliphatic heterocycles. The quantitative estimate of drug-likeness (QED) is 0.728. The molecule has 1 aromatic heterocycles. The third-order valence-electron chi connectivity index (χ3n) is 2.34. The molecule has 0 aliphatic rings. The molecule has 0 saturated heterocycles. The van der Waals surface area contributed by atoms with E-state index in [0.29, 0.717) is 19.7 Å². The zero-order valence-corrected chi connectivity index (χ0v) is 10.2. The van der Waals surface area contributed by atoms with Gasteiger partial charge in [0.15, 0.2) is 0 Å². The molecule has 1 atom stereocenters. The van der Waals surface area contributed by atoms with Gasteiger partial charge in [0.1, 0.15) is 6.04 Å². The predicted molar refractivity (Wildman–Crippen MR) is 64.8 cm³/mol. The number of hydrogen-bond donors (Lipinski definition) is 1. The van der Waals surface area contributed by atoms with Gasteiger partial charge in [-0.25, -0.2) is 0 Å². The van der Waals surface area contributed by atoms with Crippen molar-refractivity contribution in [3.05, 3.63) is 34.7 Å². The first-order valence-electron chi connectivity index (χ1n) is 5.70.